The standard InChI is InChI=1S/C15H14BrClO3/c1-19-12-4-3-5-13(20-2)14(12)15(18)9-6-7-10(16)11(17)8-9/h3-8,15,18H,1-2H3. The van der Waals surface area contributed by atoms with E-state index in [2.05, 4.69) is 15.9 Å². The van der Waals surface area contributed by atoms with Crippen LogP contribution in [0.2, 0.25) is 5.02 Å². The highest BCUT2D eigenvalue weighted by Gasteiger charge is 2.20. The van der Waals surface area contributed by atoms with Gasteiger partial charge >= 0.3 is 0 Å². The van der Waals surface area contributed by atoms with Crippen LogP contribution in [0.4, 0.5) is 0 Å². The van der Waals surface area contributed by atoms with E-state index in [-0.39, 0.29) is 0 Å². The van der Waals surface area contributed by atoms with E-state index in [4.69, 9.17) is 21.1 Å². The molecule has 0 radical (unpaired) electrons. The zero-order chi connectivity index (χ0) is 14.7. The molecule has 0 fully saturated rings. The number of benzene rings is 2. The summed E-state index contributed by atoms with van der Waals surface area (Å²) >= 11 is 9.40. The van der Waals surface area contributed by atoms with Gasteiger partial charge in [-0.3, -0.25) is 0 Å². The predicted octanol–water partition coefficient (Wildman–Crippen LogP) is 4.20. The van der Waals surface area contributed by atoms with Gasteiger partial charge in [0.1, 0.15) is 17.6 Å². The number of halogens is 2. The molecular weight excluding hydrogens is 344 g/mol. The van der Waals surface area contributed by atoms with Gasteiger partial charge in [0.2, 0.25) is 0 Å². The van der Waals surface area contributed by atoms with Crippen molar-refractivity contribution in [3.05, 3.63) is 57.0 Å². The molecule has 0 saturated heterocycles. The molecule has 0 aliphatic rings. The molecular formula is C15H14BrClO3. The van der Waals surface area contributed by atoms with E-state index < -0.39 is 6.10 Å². The van der Waals surface area contributed by atoms with Crippen LogP contribution in [0.1, 0.15) is 17.2 Å². The van der Waals surface area contributed by atoms with Crippen LogP contribution in [0.15, 0.2) is 40.9 Å². The highest BCUT2D eigenvalue weighted by Crippen LogP contribution is 2.38. The Hall–Kier alpha value is -1.23. The first-order valence-electron chi connectivity index (χ1n) is 5.92. The molecule has 1 unspecified atom stereocenters. The molecule has 2 aromatic rings. The maximum Gasteiger partial charge on any atom is 0.128 e. The average Bonchev–Trinajstić information content (AvgIpc) is 2.48. The van der Waals surface area contributed by atoms with Crippen molar-refractivity contribution in [1.82, 2.24) is 0 Å². The molecule has 3 nitrogen and oxygen atoms in total. The molecule has 20 heavy (non-hydrogen) atoms. The third kappa shape index (κ3) is 2.92. The van der Waals surface area contributed by atoms with Gasteiger partial charge in [0.25, 0.3) is 0 Å². The first kappa shape index (κ1) is 15.2. The van der Waals surface area contributed by atoms with Gasteiger partial charge in [0, 0.05) is 4.47 Å². The minimum Gasteiger partial charge on any atom is -0.496 e. The van der Waals surface area contributed by atoms with E-state index in [1.165, 1.54) is 0 Å². The minimum absolute atomic E-state index is 0.537. The van der Waals surface area contributed by atoms with E-state index >= 15 is 0 Å². The molecule has 0 spiro atoms. The van der Waals surface area contributed by atoms with Crippen LogP contribution < -0.4 is 9.47 Å². The minimum atomic E-state index is -0.883. The SMILES string of the molecule is COc1cccc(OC)c1C(O)c1ccc(Br)c(Cl)c1. The van der Waals surface area contributed by atoms with Crippen LogP contribution in [-0.2, 0) is 0 Å². The first-order chi connectivity index (χ1) is 9.58. The van der Waals surface area contributed by atoms with Crippen molar-refractivity contribution >= 4 is 27.5 Å². The normalized spacial score (nSPS) is 12.1. The summed E-state index contributed by atoms with van der Waals surface area (Å²) in [7, 11) is 3.11. The van der Waals surface area contributed by atoms with Crippen molar-refractivity contribution in [2.75, 3.05) is 14.2 Å². The molecule has 2 rings (SSSR count). The van der Waals surface area contributed by atoms with Gasteiger partial charge in [0.05, 0.1) is 24.8 Å². The second-order valence-corrected chi connectivity index (χ2v) is 5.41. The maximum absolute atomic E-state index is 10.6. The molecule has 1 atom stereocenters. The second-order valence-electron chi connectivity index (χ2n) is 4.15. The number of methoxy groups -OCH3 is 2. The highest BCUT2D eigenvalue weighted by atomic mass is 79.9. The Bertz CT molecular complexity index is 594. The first-order valence-corrected chi connectivity index (χ1v) is 7.09. The van der Waals surface area contributed by atoms with Gasteiger partial charge in [-0.15, -0.1) is 0 Å². The fourth-order valence-corrected chi connectivity index (χ4v) is 2.43. The molecule has 0 aliphatic heterocycles. The van der Waals surface area contributed by atoms with Gasteiger partial charge < -0.3 is 14.6 Å². The maximum atomic E-state index is 10.6. The topological polar surface area (TPSA) is 38.7 Å². The summed E-state index contributed by atoms with van der Waals surface area (Å²) in [5, 5.41) is 11.1. The quantitative estimate of drug-likeness (QED) is 0.891. The number of hydrogen-bond acceptors (Lipinski definition) is 3. The molecule has 0 heterocycles. The fourth-order valence-electron chi connectivity index (χ4n) is 2.00. The third-order valence-corrected chi connectivity index (χ3v) is 4.23. The number of aliphatic hydroxyl groups is 1. The number of aliphatic hydroxyl groups excluding tert-OH is 1. The molecule has 106 valence electrons. The Balaban J connectivity index is 2.51. The van der Waals surface area contributed by atoms with Gasteiger partial charge in [-0.05, 0) is 45.8 Å². The summed E-state index contributed by atoms with van der Waals surface area (Å²) in [6, 6.07) is 10.7. The van der Waals surface area contributed by atoms with Crippen LogP contribution in [0.25, 0.3) is 0 Å². The molecule has 0 bridgehead atoms. The molecule has 0 amide bonds. The summed E-state index contributed by atoms with van der Waals surface area (Å²) in [5.74, 6) is 1.13. The van der Waals surface area contributed by atoms with Gasteiger partial charge in [-0.25, -0.2) is 0 Å². The van der Waals surface area contributed by atoms with Crippen LogP contribution in [-0.4, -0.2) is 19.3 Å². The van der Waals surface area contributed by atoms with Crippen molar-refractivity contribution in [1.29, 1.82) is 0 Å². The lowest BCUT2D eigenvalue weighted by Crippen LogP contribution is -2.05. The van der Waals surface area contributed by atoms with Crippen LogP contribution in [0, 0.1) is 0 Å². The van der Waals surface area contributed by atoms with Crippen LogP contribution in [0.3, 0.4) is 0 Å². The second kappa shape index (κ2) is 6.48. The summed E-state index contributed by atoms with van der Waals surface area (Å²) in [6.07, 6.45) is -0.883. The lowest BCUT2D eigenvalue weighted by Gasteiger charge is -2.18. The Labute approximate surface area is 131 Å². The summed E-state index contributed by atoms with van der Waals surface area (Å²) in [5.41, 5.74) is 1.25. The molecule has 1 N–H and O–H groups in total. The van der Waals surface area contributed by atoms with E-state index in [1.807, 2.05) is 6.07 Å². The van der Waals surface area contributed by atoms with E-state index in [9.17, 15) is 5.11 Å². The Morgan fingerprint density at radius 2 is 1.70 bits per heavy atom. The van der Waals surface area contributed by atoms with Gasteiger partial charge in [-0.1, -0.05) is 23.7 Å². The molecule has 5 heteroatoms. The fraction of sp³-hybridized carbons (Fsp3) is 0.200. The van der Waals surface area contributed by atoms with Crippen molar-refractivity contribution < 1.29 is 14.6 Å². The van der Waals surface area contributed by atoms with Gasteiger partial charge in [0.15, 0.2) is 0 Å². The zero-order valence-electron chi connectivity index (χ0n) is 11.1. The lowest BCUT2D eigenvalue weighted by atomic mass is 9.99. The Kier molecular flexibility index (Phi) is 4.91. The lowest BCUT2D eigenvalue weighted by molar-refractivity contribution is 0.209. The molecule has 2 aromatic carbocycles. The average molecular weight is 358 g/mol. The Morgan fingerprint density at radius 3 is 2.20 bits per heavy atom. The molecule has 0 aliphatic carbocycles. The third-order valence-electron chi connectivity index (χ3n) is 3.00. The zero-order valence-corrected chi connectivity index (χ0v) is 13.4. The number of rotatable bonds is 4. The van der Waals surface area contributed by atoms with E-state index in [0.29, 0.717) is 27.6 Å². The smallest absolute Gasteiger partial charge is 0.128 e. The summed E-state index contributed by atoms with van der Waals surface area (Å²) in [6.45, 7) is 0. The molecule has 0 saturated carbocycles. The predicted molar refractivity (Wildman–Crippen MR) is 82.8 cm³/mol. The number of ether oxygens (including phenoxy) is 2. The van der Waals surface area contributed by atoms with Gasteiger partial charge in [-0.2, -0.15) is 0 Å². The van der Waals surface area contributed by atoms with Crippen molar-refractivity contribution in [2.45, 2.75) is 6.10 Å². The molecule has 0 aromatic heterocycles. The van der Waals surface area contributed by atoms with Crippen LogP contribution in [0.5, 0.6) is 11.5 Å². The monoisotopic (exact) mass is 356 g/mol. The van der Waals surface area contributed by atoms with Crippen molar-refractivity contribution in [3.63, 3.8) is 0 Å². The van der Waals surface area contributed by atoms with Crippen molar-refractivity contribution in [2.24, 2.45) is 0 Å². The summed E-state index contributed by atoms with van der Waals surface area (Å²) in [4.78, 5) is 0. The van der Waals surface area contributed by atoms with E-state index in [1.54, 1.807) is 44.6 Å². The number of hydrogen-bond donors (Lipinski definition) is 1. The van der Waals surface area contributed by atoms with Crippen LogP contribution >= 0.6 is 27.5 Å². The van der Waals surface area contributed by atoms with Crippen molar-refractivity contribution in [3.8, 4) is 11.5 Å². The largest absolute Gasteiger partial charge is 0.496 e. The summed E-state index contributed by atoms with van der Waals surface area (Å²) < 4.78 is 11.4. The Morgan fingerprint density at radius 1 is 1.10 bits per heavy atom. The van der Waals surface area contributed by atoms with E-state index in [0.717, 1.165) is 4.47 Å². The highest BCUT2D eigenvalue weighted by molar-refractivity contribution is 9.10.